The highest BCUT2D eigenvalue weighted by atomic mass is 19.1. The number of hydrogen-bond donors (Lipinski definition) is 2. The second kappa shape index (κ2) is 9.97. The lowest BCUT2D eigenvalue weighted by molar-refractivity contribution is 0.0995. The normalized spacial score (nSPS) is 10.7. The average Bonchev–Trinajstić information content (AvgIpc) is 2.77. The lowest BCUT2D eigenvalue weighted by Crippen LogP contribution is -2.13. The second-order valence-corrected chi connectivity index (χ2v) is 6.92. The van der Waals surface area contributed by atoms with Crippen LogP contribution in [-0.4, -0.2) is 22.4 Å². The number of aromatic nitrogens is 2. The molecular weight excluding hydrogens is 402 g/mol. The monoisotopic (exact) mass is 426 g/mol. The minimum atomic E-state index is -0.706. The van der Waals surface area contributed by atoms with Crippen molar-refractivity contribution < 1.29 is 18.3 Å². The van der Waals surface area contributed by atoms with Crippen molar-refractivity contribution in [2.45, 2.75) is 33.1 Å². The van der Waals surface area contributed by atoms with Crippen LogP contribution in [0, 0.1) is 11.6 Å². The van der Waals surface area contributed by atoms with Gasteiger partial charge in [-0.15, -0.1) is 0 Å². The Morgan fingerprint density at radius 3 is 2.42 bits per heavy atom. The maximum Gasteiger partial charge on any atom is 0.268 e. The Labute approximate surface area is 179 Å². The summed E-state index contributed by atoms with van der Waals surface area (Å²) in [6, 6.07) is 7.96. The Hall–Kier alpha value is -3.55. The molecule has 0 radical (unpaired) electrons. The first-order valence-corrected chi connectivity index (χ1v) is 10.0. The van der Waals surface area contributed by atoms with E-state index in [0.29, 0.717) is 31.4 Å². The van der Waals surface area contributed by atoms with Crippen molar-refractivity contribution in [3.05, 3.63) is 76.7 Å². The number of nitrogens with one attached hydrogen (secondary N) is 1. The number of ether oxygens (including phenoxy) is 1. The molecular formula is C23H24F2N4O2. The molecule has 6 nitrogen and oxygen atoms in total. The van der Waals surface area contributed by atoms with Gasteiger partial charge in [-0.2, -0.15) is 0 Å². The predicted octanol–water partition coefficient (Wildman–Crippen LogP) is 4.43. The molecule has 0 fully saturated rings. The molecule has 3 N–H and O–H groups in total. The Morgan fingerprint density at radius 1 is 1.10 bits per heavy atom. The Balaban J connectivity index is 1.81. The topological polar surface area (TPSA) is 90.1 Å². The number of carbonyl (C=O) groups excluding carboxylic acids is 1. The number of hydrogen-bond acceptors (Lipinski definition) is 5. The largest absolute Gasteiger partial charge is 0.434 e. The van der Waals surface area contributed by atoms with Gasteiger partial charge in [0, 0.05) is 17.8 Å². The molecule has 2 aromatic carbocycles. The molecule has 0 atom stereocenters. The van der Waals surface area contributed by atoms with E-state index in [4.69, 9.17) is 10.5 Å². The number of halogens is 2. The summed E-state index contributed by atoms with van der Waals surface area (Å²) in [5, 5.41) is 3.33. The molecule has 0 aliphatic heterocycles. The Bertz CT molecular complexity index is 1050. The van der Waals surface area contributed by atoms with Gasteiger partial charge in [0.2, 0.25) is 5.88 Å². The van der Waals surface area contributed by atoms with Crippen LogP contribution in [0.4, 0.5) is 14.5 Å². The zero-order chi connectivity index (χ0) is 22.4. The van der Waals surface area contributed by atoms with E-state index in [2.05, 4.69) is 15.3 Å². The summed E-state index contributed by atoms with van der Waals surface area (Å²) >= 11 is 0. The lowest BCUT2D eigenvalue weighted by Gasteiger charge is -2.19. The van der Waals surface area contributed by atoms with Gasteiger partial charge in [0.15, 0.2) is 11.6 Å². The van der Waals surface area contributed by atoms with Gasteiger partial charge in [-0.25, -0.2) is 18.7 Å². The summed E-state index contributed by atoms with van der Waals surface area (Å²) < 4.78 is 33.9. The number of rotatable bonds is 9. The van der Waals surface area contributed by atoms with Crippen molar-refractivity contribution in [1.82, 2.24) is 9.97 Å². The van der Waals surface area contributed by atoms with Crippen LogP contribution >= 0.6 is 0 Å². The minimum absolute atomic E-state index is 0.00276. The fourth-order valence-corrected chi connectivity index (χ4v) is 3.24. The standard InChI is InChI=1S/C23H24F2N4O2/c1-3-15-11-19(31-20-13-28-18(12-29-20)23(26)30)21(25)17(4-2)22(15)27-10-9-14-5-7-16(24)8-6-14/h5-8,11-13,27H,3-4,9-10H2,1-2H3,(H2,26,30). The van der Waals surface area contributed by atoms with Crippen LogP contribution in [0.15, 0.2) is 42.7 Å². The molecule has 3 rings (SSSR count). The maximum absolute atomic E-state index is 15.2. The highest BCUT2D eigenvalue weighted by molar-refractivity contribution is 5.90. The third-order valence-corrected chi connectivity index (χ3v) is 4.87. The molecule has 8 heteroatoms. The first-order valence-electron chi connectivity index (χ1n) is 10.0. The molecule has 31 heavy (non-hydrogen) atoms. The molecule has 162 valence electrons. The van der Waals surface area contributed by atoms with Gasteiger partial charge in [0.25, 0.3) is 5.91 Å². The van der Waals surface area contributed by atoms with Gasteiger partial charge in [0.05, 0.1) is 12.4 Å². The van der Waals surface area contributed by atoms with Crippen LogP contribution in [-0.2, 0) is 19.3 Å². The smallest absolute Gasteiger partial charge is 0.268 e. The van der Waals surface area contributed by atoms with Gasteiger partial charge >= 0.3 is 0 Å². The summed E-state index contributed by atoms with van der Waals surface area (Å²) in [5.41, 5.74) is 8.29. The SMILES string of the molecule is CCc1cc(Oc2cnc(C(N)=O)cn2)c(F)c(CC)c1NCCc1ccc(F)cc1. The first-order chi connectivity index (χ1) is 14.9. The van der Waals surface area contributed by atoms with E-state index in [1.165, 1.54) is 24.5 Å². The Morgan fingerprint density at radius 2 is 1.84 bits per heavy atom. The molecule has 1 amide bonds. The number of carbonyl (C=O) groups is 1. The molecule has 1 aromatic heterocycles. The zero-order valence-corrected chi connectivity index (χ0v) is 17.4. The maximum atomic E-state index is 15.2. The summed E-state index contributed by atoms with van der Waals surface area (Å²) in [4.78, 5) is 18.9. The van der Waals surface area contributed by atoms with Gasteiger partial charge in [-0.05, 0) is 48.6 Å². The summed E-state index contributed by atoms with van der Waals surface area (Å²) in [7, 11) is 0. The fourth-order valence-electron chi connectivity index (χ4n) is 3.24. The Kier molecular flexibility index (Phi) is 7.12. The molecule has 0 bridgehead atoms. The number of nitrogens with zero attached hydrogens (tertiary/aromatic N) is 2. The van der Waals surface area contributed by atoms with Gasteiger partial charge in [0.1, 0.15) is 11.5 Å². The van der Waals surface area contributed by atoms with Crippen molar-refractivity contribution in [3.63, 3.8) is 0 Å². The summed E-state index contributed by atoms with van der Waals surface area (Å²) in [5.74, 6) is -1.36. The molecule has 1 heterocycles. The third-order valence-electron chi connectivity index (χ3n) is 4.87. The van der Waals surface area contributed by atoms with Crippen LogP contribution in [0.2, 0.25) is 0 Å². The average molecular weight is 426 g/mol. The third kappa shape index (κ3) is 5.33. The van der Waals surface area contributed by atoms with Crippen LogP contribution in [0.1, 0.15) is 41.0 Å². The number of benzene rings is 2. The highest BCUT2D eigenvalue weighted by Gasteiger charge is 2.18. The summed E-state index contributed by atoms with van der Waals surface area (Å²) in [6.45, 7) is 4.42. The number of nitrogens with two attached hydrogens (primary N) is 1. The number of anilines is 1. The van der Waals surface area contributed by atoms with Crippen molar-refractivity contribution in [3.8, 4) is 11.6 Å². The number of aryl methyl sites for hydroxylation is 1. The minimum Gasteiger partial charge on any atom is -0.434 e. The summed E-state index contributed by atoms with van der Waals surface area (Å²) in [6.07, 6.45) is 4.21. The zero-order valence-electron chi connectivity index (χ0n) is 17.4. The quantitative estimate of drug-likeness (QED) is 0.528. The molecule has 0 unspecified atom stereocenters. The molecule has 0 spiro atoms. The van der Waals surface area contributed by atoms with E-state index in [1.807, 2.05) is 13.8 Å². The van der Waals surface area contributed by atoms with E-state index in [9.17, 15) is 9.18 Å². The fraction of sp³-hybridized carbons (Fsp3) is 0.261. The number of amides is 1. The van der Waals surface area contributed by atoms with Gasteiger partial charge in [-0.3, -0.25) is 4.79 Å². The van der Waals surface area contributed by atoms with Crippen molar-refractivity contribution in [2.75, 3.05) is 11.9 Å². The van der Waals surface area contributed by atoms with E-state index < -0.39 is 11.7 Å². The highest BCUT2D eigenvalue weighted by Crippen LogP contribution is 2.34. The van der Waals surface area contributed by atoms with Crippen LogP contribution < -0.4 is 15.8 Å². The van der Waals surface area contributed by atoms with E-state index in [1.54, 1.807) is 18.2 Å². The molecule has 3 aromatic rings. The van der Waals surface area contributed by atoms with Crippen molar-refractivity contribution in [2.24, 2.45) is 5.73 Å². The molecule has 0 aliphatic carbocycles. The first kappa shape index (κ1) is 22.1. The van der Waals surface area contributed by atoms with Crippen molar-refractivity contribution >= 4 is 11.6 Å². The second-order valence-electron chi connectivity index (χ2n) is 6.92. The van der Waals surface area contributed by atoms with Gasteiger partial charge < -0.3 is 15.8 Å². The van der Waals surface area contributed by atoms with E-state index in [0.717, 1.165) is 16.8 Å². The molecule has 0 saturated heterocycles. The molecule has 0 saturated carbocycles. The van der Waals surface area contributed by atoms with Gasteiger partial charge in [-0.1, -0.05) is 26.0 Å². The predicted molar refractivity (Wildman–Crippen MR) is 114 cm³/mol. The van der Waals surface area contributed by atoms with E-state index in [-0.39, 0.29) is 23.1 Å². The van der Waals surface area contributed by atoms with Crippen molar-refractivity contribution in [1.29, 1.82) is 0 Å². The van der Waals surface area contributed by atoms with Crippen LogP contribution in [0.3, 0.4) is 0 Å². The number of primary amides is 1. The van der Waals surface area contributed by atoms with E-state index >= 15 is 4.39 Å². The van der Waals surface area contributed by atoms with Crippen LogP contribution in [0.5, 0.6) is 11.6 Å². The molecule has 0 aliphatic rings. The lowest BCUT2D eigenvalue weighted by atomic mass is 10.0. The van der Waals surface area contributed by atoms with Crippen LogP contribution in [0.25, 0.3) is 0 Å².